The van der Waals surface area contributed by atoms with Crippen LogP contribution in [0.3, 0.4) is 0 Å². The summed E-state index contributed by atoms with van der Waals surface area (Å²) in [6.07, 6.45) is 4.40. The quantitative estimate of drug-likeness (QED) is 0.707. The molecule has 0 bridgehead atoms. The molecule has 1 atom stereocenters. The molecule has 1 aliphatic heterocycles. The van der Waals surface area contributed by atoms with Crippen molar-refractivity contribution in [3.63, 3.8) is 0 Å². The summed E-state index contributed by atoms with van der Waals surface area (Å²) in [5.41, 5.74) is 5.25. The van der Waals surface area contributed by atoms with Gasteiger partial charge in [0.05, 0.1) is 10.4 Å². The Morgan fingerprint density at radius 1 is 1.44 bits per heavy atom. The largest absolute Gasteiger partial charge is 0.392 e. The molecule has 104 valence electrons. The zero-order chi connectivity index (χ0) is 13.6. The monoisotopic (exact) mass is 288 g/mol. The molecule has 1 rings (SSSR count). The van der Waals surface area contributed by atoms with Crippen molar-refractivity contribution >= 4 is 34.9 Å². The number of hydrogen-bond donors (Lipinski definition) is 2. The Labute approximate surface area is 120 Å². The highest BCUT2D eigenvalue weighted by atomic mass is 32.2. The number of thiocarbonyl (C=S) groups is 1. The fourth-order valence-corrected chi connectivity index (χ4v) is 3.98. The highest BCUT2D eigenvalue weighted by molar-refractivity contribution is 7.99. The van der Waals surface area contributed by atoms with Gasteiger partial charge in [0.2, 0.25) is 5.91 Å². The van der Waals surface area contributed by atoms with Crippen molar-refractivity contribution < 1.29 is 4.79 Å². The Morgan fingerprint density at radius 2 is 2.06 bits per heavy atom. The van der Waals surface area contributed by atoms with Gasteiger partial charge in [-0.05, 0) is 25.0 Å². The summed E-state index contributed by atoms with van der Waals surface area (Å²) < 4.78 is 0. The Kier molecular flexibility index (Phi) is 6.43. The van der Waals surface area contributed by atoms with E-state index in [1.165, 1.54) is 0 Å². The van der Waals surface area contributed by atoms with Crippen LogP contribution >= 0.6 is 24.0 Å². The van der Waals surface area contributed by atoms with Crippen LogP contribution in [0.1, 0.15) is 46.0 Å². The van der Waals surface area contributed by atoms with Crippen LogP contribution in [0.5, 0.6) is 0 Å². The fourth-order valence-electron chi connectivity index (χ4n) is 2.54. The molecule has 0 radical (unpaired) electrons. The van der Waals surface area contributed by atoms with Crippen molar-refractivity contribution in [1.82, 2.24) is 5.32 Å². The second kappa shape index (κ2) is 7.34. The van der Waals surface area contributed by atoms with E-state index in [0.29, 0.717) is 11.0 Å². The summed E-state index contributed by atoms with van der Waals surface area (Å²) in [7, 11) is 0. The lowest BCUT2D eigenvalue weighted by molar-refractivity contribution is -0.128. The van der Waals surface area contributed by atoms with Gasteiger partial charge in [-0.15, -0.1) is 0 Å². The standard InChI is InChI=1S/C13H24N2OS2/c1-3-6-13(7-4-2,11(14)17)12(16)15-10-5-8-18-9-10/h10H,3-9H2,1-2H3,(H2,14,17)(H,15,16). The SMILES string of the molecule is CCCC(CCC)(C(=O)NC1CCSC1)C(N)=S. The normalized spacial score (nSPS) is 19.8. The zero-order valence-electron chi connectivity index (χ0n) is 11.3. The lowest BCUT2D eigenvalue weighted by atomic mass is 9.78. The van der Waals surface area contributed by atoms with Gasteiger partial charge in [-0.25, -0.2) is 0 Å². The number of rotatable bonds is 7. The molecule has 1 amide bonds. The number of hydrogen-bond acceptors (Lipinski definition) is 3. The molecule has 0 aromatic carbocycles. The van der Waals surface area contributed by atoms with E-state index in [0.717, 1.165) is 43.6 Å². The van der Waals surface area contributed by atoms with E-state index in [-0.39, 0.29) is 5.91 Å². The molecule has 1 unspecified atom stereocenters. The summed E-state index contributed by atoms with van der Waals surface area (Å²) >= 11 is 7.08. The van der Waals surface area contributed by atoms with E-state index in [1.807, 2.05) is 11.8 Å². The first-order chi connectivity index (χ1) is 8.56. The first-order valence-corrected chi connectivity index (χ1v) is 8.31. The predicted molar refractivity (Wildman–Crippen MR) is 82.9 cm³/mol. The van der Waals surface area contributed by atoms with Gasteiger partial charge < -0.3 is 11.1 Å². The molecular weight excluding hydrogens is 264 g/mol. The molecule has 5 heteroatoms. The molecule has 1 saturated heterocycles. The smallest absolute Gasteiger partial charge is 0.233 e. The minimum Gasteiger partial charge on any atom is -0.392 e. The van der Waals surface area contributed by atoms with E-state index >= 15 is 0 Å². The molecule has 0 aliphatic carbocycles. The van der Waals surface area contributed by atoms with Crippen molar-refractivity contribution in [2.24, 2.45) is 11.1 Å². The summed E-state index contributed by atoms with van der Waals surface area (Å²) in [6, 6.07) is 0.296. The minimum absolute atomic E-state index is 0.0474. The van der Waals surface area contributed by atoms with Crippen molar-refractivity contribution in [2.75, 3.05) is 11.5 Å². The maximum Gasteiger partial charge on any atom is 0.233 e. The van der Waals surface area contributed by atoms with Crippen LogP contribution in [0.4, 0.5) is 0 Å². The van der Waals surface area contributed by atoms with Crippen molar-refractivity contribution in [3.8, 4) is 0 Å². The summed E-state index contributed by atoms with van der Waals surface area (Å²) in [5.74, 6) is 2.19. The van der Waals surface area contributed by atoms with Crippen LogP contribution in [-0.4, -0.2) is 28.4 Å². The Bertz CT molecular complexity index is 295. The third kappa shape index (κ3) is 3.60. The predicted octanol–water partition coefficient (Wildman–Crippen LogP) is 2.48. The van der Waals surface area contributed by atoms with Crippen molar-refractivity contribution in [2.45, 2.75) is 52.0 Å². The second-order valence-electron chi connectivity index (χ2n) is 4.98. The first kappa shape index (κ1) is 15.8. The number of nitrogens with two attached hydrogens (primary N) is 1. The van der Waals surface area contributed by atoms with Crippen LogP contribution in [-0.2, 0) is 4.79 Å². The maximum absolute atomic E-state index is 12.6. The van der Waals surface area contributed by atoms with Gasteiger partial charge >= 0.3 is 0 Å². The molecule has 0 spiro atoms. The third-order valence-electron chi connectivity index (χ3n) is 3.52. The highest BCUT2D eigenvalue weighted by Crippen LogP contribution is 2.31. The van der Waals surface area contributed by atoms with E-state index in [9.17, 15) is 4.79 Å². The van der Waals surface area contributed by atoms with Gasteiger partial charge in [0, 0.05) is 11.8 Å². The summed E-state index contributed by atoms with van der Waals surface area (Å²) in [5, 5.41) is 3.14. The van der Waals surface area contributed by atoms with Gasteiger partial charge in [-0.3, -0.25) is 4.79 Å². The number of carbonyl (C=O) groups excluding carboxylic acids is 1. The molecular formula is C13H24N2OS2. The molecule has 3 nitrogen and oxygen atoms in total. The van der Waals surface area contributed by atoms with Crippen LogP contribution in [0.25, 0.3) is 0 Å². The topological polar surface area (TPSA) is 55.1 Å². The molecule has 0 aromatic heterocycles. The Morgan fingerprint density at radius 3 is 2.44 bits per heavy atom. The van der Waals surface area contributed by atoms with Gasteiger partial charge in [0.15, 0.2) is 0 Å². The second-order valence-corrected chi connectivity index (χ2v) is 6.57. The van der Waals surface area contributed by atoms with Gasteiger partial charge in [-0.1, -0.05) is 38.9 Å². The van der Waals surface area contributed by atoms with E-state index in [2.05, 4.69) is 19.2 Å². The van der Waals surface area contributed by atoms with E-state index in [1.54, 1.807) is 0 Å². The number of carbonyl (C=O) groups is 1. The fraction of sp³-hybridized carbons (Fsp3) is 0.846. The van der Waals surface area contributed by atoms with Crippen LogP contribution in [0, 0.1) is 5.41 Å². The first-order valence-electron chi connectivity index (χ1n) is 6.75. The van der Waals surface area contributed by atoms with Crippen molar-refractivity contribution in [1.29, 1.82) is 0 Å². The lowest BCUT2D eigenvalue weighted by Crippen LogP contribution is -2.51. The number of amides is 1. The van der Waals surface area contributed by atoms with Gasteiger partial charge in [-0.2, -0.15) is 11.8 Å². The van der Waals surface area contributed by atoms with Gasteiger partial charge in [0.1, 0.15) is 0 Å². The Balaban J connectivity index is 2.78. The summed E-state index contributed by atoms with van der Waals surface area (Å²) in [6.45, 7) is 4.14. The van der Waals surface area contributed by atoms with Gasteiger partial charge in [0.25, 0.3) is 0 Å². The van der Waals surface area contributed by atoms with Crippen LogP contribution < -0.4 is 11.1 Å². The molecule has 0 saturated carbocycles. The maximum atomic E-state index is 12.6. The Hall–Kier alpha value is -0.290. The van der Waals surface area contributed by atoms with E-state index < -0.39 is 5.41 Å². The number of thioether (sulfide) groups is 1. The molecule has 3 N–H and O–H groups in total. The average molecular weight is 288 g/mol. The van der Waals surface area contributed by atoms with Crippen molar-refractivity contribution in [3.05, 3.63) is 0 Å². The lowest BCUT2D eigenvalue weighted by Gasteiger charge is -2.32. The average Bonchev–Trinajstić information content (AvgIpc) is 2.80. The molecule has 1 heterocycles. The van der Waals surface area contributed by atoms with Crippen LogP contribution in [0.15, 0.2) is 0 Å². The van der Waals surface area contributed by atoms with E-state index in [4.69, 9.17) is 18.0 Å². The number of nitrogens with one attached hydrogen (secondary N) is 1. The molecule has 1 fully saturated rings. The van der Waals surface area contributed by atoms with Crippen LogP contribution in [0.2, 0.25) is 0 Å². The highest BCUT2D eigenvalue weighted by Gasteiger charge is 2.40. The minimum atomic E-state index is -0.633. The third-order valence-corrected chi connectivity index (χ3v) is 5.08. The molecule has 0 aromatic rings. The molecule has 1 aliphatic rings. The molecule has 18 heavy (non-hydrogen) atoms. The zero-order valence-corrected chi connectivity index (χ0v) is 13.0. The summed E-state index contributed by atoms with van der Waals surface area (Å²) in [4.78, 5) is 12.9.